The van der Waals surface area contributed by atoms with E-state index in [1.807, 2.05) is 0 Å². The van der Waals surface area contributed by atoms with Crippen molar-refractivity contribution in [3.63, 3.8) is 0 Å². The lowest BCUT2D eigenvalue weighted by Gasteiger charge is -2.42. The Morgan fingerprint density at radius 1 is 1.35 bits per heavy atom. The summed E-state index contributed by atoms with van der Waals surface area (Å²) in [5, 5.41) is 11.1. The fraction of sp³-hybridized carbons (Fsp3) is 0.750. The number of hydrogen-bond acceptors (Lipinski definition) is 7. The number of nitrogens with zero attached hydrogens (tertiary/aromatic N) is 2. The maximum atomic E-state index is 12.1. The van der Waals surface area contributed by atoms with E-state index >= 15 is 0 Å². The minimum atomic E-state index is -1.46. The summed E-state index contributed by atoms with van der Waals surface area (Å²) in [6, 6.07) is 1.64. The number of hydrogen-bond donors (Lipinski definition) is 2. The van der Waals surface area contributed by atoms with E-state index in [0.29, 0.717) is 0 Å². The van der Waals surface area contributed by atoms with Gasteiger partial charge in [-0.2, -0.15) is 0 Å². The van der Waals surface area contributed by atoms with Crippen LogP contribution in [0.25, 0.3) is 0 Å². The van der Waals surface area contributed by atoms with Crippen LogP contribution in [0.1, 0.15) is 40.8 Å². The van der Waals surface area contributed by atoms with Gasteiger partial charge in [0, 0.05) is 24.3 Å². The Morgan fingerprint density at radius 2 is 2.00 bits per heavy atom. The Morgan fingerprint density at radius 3 is 2.58 bits per heavy atom. The first-order valence-electron chi connectivity index (χ1n) is 8.70. The summed E-state index contributed by atoms with van der Waals surface area (Å²) in [6.07, 6.45) is -0.817. The molecule has 1 aromatic heterocycles. The Hall–Kier alpha value is -1.09. The molecule has 0 saturated carbocycles. The van der Waals surface area contributed by atoms with Crippen LogP contribution in [0.5, 0.6) is 0 Å². The molecular formula is C16H26N3O6P. The fourth-order valence-electron chi connectivity index (χ4n) is 3.51. The Balaban J connectivity index is 1.87. The molecule has 0 amide bonds. The number of aromatic nitrogens is 2. The summed E-state index contributed by atoms with van der Waals surface area (Å²) >= 11 is 0. The van der Waals surface area contributed by atoms with Crippen molar-refractivity contribution in [2.24, 2.45) is 0 Å². The summed E-state index contributed by atoms with van der Waals surface area (Å²) in [6.45, 7) is 10.1. The molecule has 3 heterocycles. The number of aromatic amines is 1. The standard InChI is InChI=1S/C16H26N3O6P/c1-9(2)19(10(3)4)26-23-8-11-13(25-26)16(5,22)14(24-11)18-7-6-12(20)17-15(18)21/h6-7,9-11,13-14,22H,8H2,1-5H3,(H,17,20,21)/t11-,13-,14-,16+,26?/m1/s1. The van der Waals surface area contributed by atoms with Crippen LogP contribution in [0.4, 0.5) is 0 Å². The first-order valence-corrected chi connectivity index (χ1v) is 9.83. The van der Waals surface area contributed by atoms with Crippen LogP contribution in [0.3, 0.4) is 0 Å². The molecule has 0 bridgehead atoms. The van der Waals surface area contributed by atoms with Gasteiger partial charge in [-0.1, -0.05) is 0 Å². The van der Waals surface area contributed by atoms with Crippen LogP contribution >= 0.6 is 8.53 Å². The topological polar surface area (TPSA) is 106 Å². The van der Waals surface area contributed by atoms with Crippen LogP contribution in [0.2, 0.25) is 0 Å². The lowest BCUT2D eigenvalue weighted by atomic mass is 9.96. The van der Waals surface area contributed by atoms with E-state index < -0.39 is 43.8 Å². The second kappa shape index (κ2) is 7.14. The van der Waals surface area contributed by atoms with Gasteiger partial charge in [0.1, 0.15) is 17.8 Å². The van der Waals surface area contributed by atoms with E-state index in [2.05, 4.69) is 37.3 Å². The average molecular weight is 387 g/mol. The SMILES string of the molecule is CC(C)N(C(C)C)P1OC[C@H]2O[C@@H](n3ccc(=O)[nH]c3=O)[C@@](C)(O)[C@@H]2O1. The zero-order valence-corrected chi connectivity index (χ0v) is 16.5. The van der Waals surface area contributed by atoms with Gasteiger partial charge in [-0.05, 0) is 34.6 Å². The smallest absolute Gasteiger partial charge is 0.330 e. The highest BCUT2D eigenvalue weighted by Gasteiger charge is 2.58. The summed E-state index contributed by atoms with van der Waals surface area (Å²) in [7, 11) is -1.36. The normalized spacial score (nSPS) is 34.7. The molecule has 2 N–H and O–H groups in total. The van der Waals surface area contributed by atoms with Gasteiger partial charge in [0.05, 0.1) is 6.61 Å². The van der Waals surface area contributed by atoms with Crippen molar-refractivity contribution in [1.82, 2.24) is 14.2 Å². The average Bonchev–Trinajstić information content (AvgIpc) is 2.78. The van der Waals surface area contributed by atoms with Crippen LogP contribution in [0, 0.1) is 0 Å². The largest absolute Gasteiger partial charge is 0.383 e. The Bertz CT molecular complexity index is 753. The van der Waals surface area contributed by atoms with Crippen LogP contribution < -0.4 is 11.2 Å². The third kappa shape index (κ3) is 3.40. The summed E-state index contributed by atoms with van der Waals surface area (Å²) in [5.41, 5.74) is -2.61. The third-order valence-electron chi connectivity index (χ3n) is 4.62. The van der Waals surface area contributed by atoms with Crippen molar-refractivity contribution in [3.8, 4) is 0 Å². The third-order valence-corrected chi connectivity index (χ3v) is 6.70. The molecule has 0 aromatic carbocycles. The molecule has 146 valence electrons. The number of aliphatic hydroxyl groups is 1. The van der Waals surface area contributed by atoms with E-state index in [-0.39, 0.29) is 18.7 Å². The molecule has 0 radical (unpaired) electrons. The molecule has 5 atom stereocenters. The lowest BCUT2D eigenvalue weighted by molar-refractivity contribution is -0.0926. The molecular weight excluding hydrogens is 361 g/mol. The first kappa shape index (κ1) is 19.7. The van der Waals surface area contributed by atoms with Gasteiger partial charge < -0.3 is 18.9 Å². The predicted octanol–water partition coefficient (Wildman–Crippen LogP) is 0.946. The zero-order chi connectivity index (χ0) is 19.2. The van der Waals surface area contributed by atoms with Crippen LogP contribution in [-0.2, 0) is 13.8 Å². The zero-order valence-electron chi connectivity index (χ0n) is 15.6. The molecule has 1 unspecified atom stereocenters. The van der Waals surface area contributed by atoms with Gasteiger partial charge in [-0.3, -0.25) is 14.3 Å². The van der Waals surface area contributed by atoms with Crippen LogP contribution in [0.15, 0.2) is 21.9 Å². The molecule has 2 aliphatic heterocycles. The quantitative estimate of drug-likeness (QED) is 0.741. The fourth-order valence-corrected chi connectivity index (χ4v) is 5.39. The van der Waals surface area contributed by atoms with Crippen molar-refractivity contribution in [2.75, 3.05) is 6.61 Å². The molecule has 26 heavy (non-hydrogen) atoms. The molecule has 0 aliphatic carbocycles. The number of rotatable bonds is 4. The second-order valence-electron chi connectivity index (χ2n) is 7.40. The van der Waals surface area contributed by atoms with Crippen molar-refractivity contribution in [2.45, 2.75) is 70.7 Å². The molecule has 2 fully saturated rings. The summed E-state index contributed by atoms with van der Waals surface area (Å²) < 4.78 is 21.2. The molecule has 10 heteroatoms. The molecule has 2 saturated heterocycles. The van der Waals surface area contributed by atoms with E-state index in [0.717, 1.165) is 0 Å². The maximum Gasteiger partial charge on any atom is 0.330 e. The molecule has 2 aliphatic rings. The van der Waals surface area contributed by atoms with Gasteiger partial charge in [-0.15, -0.1) is 0 Å². The monoisotopic (exact) mass is 387 g/mol. The van der Waals surface area contributed by atoms with E-state index in [9.17, 15) is 14.7 Å². The van der Waals surface area contributed by atoms with Crippen molar-refractivity contribution in [3.05, 3.63) is 33.1 Å². The van der Waals surface area contributed by atoms with Crippen molar-refractivity contribution >= 4 is 8.53 Å². The predicted molar refractivity (Wildman–Crippen MR) is 95.7 cm³/mol. The highest BCUT2D eigenvalue weighted by atomic mass is 31.2. The number of ether oxygens (including phenoxy) is 1. The van der Waals surface area contributed by atoms with Gasteiger partial charge in [0.15, 0.2) is 6.23 Å². The summed E-state index contributed by atoms with van der Waals surface area (Å²) in [5.74, 6) is 0. The first-order chi connectivity index (χ1) is 12.1. The molecule has 9 nitrogen and oxygen atoms in total. The molecule has 0 spiro atoms. The number of H-pyrrole nitrogens is 1. The number of fused-ring (bicyclic) bond motifs is 1. The van der Waals surface area contributed by atoms with Crippen molar-refractivity contribution in [1.29, 1.82) is 0 Å². The van der Waals surface area contributed by atoms with Gasteiger partial charge in [0.25, 0.3) is 14.1 Å². The minimum absolute atomic E-state index is 0.211. The van der Waals surface area contributed by atoms with E-state index in [1.54, 1.807) is 6.92 Å². The summed E-state index contributed by atoms with van der Waals surface area (Å²) in [4.78, 5) is 25.6. The maximum absolute atomic E-state index is 12.1. The highest BCUT2D eigenvalue weighted by molar-refractivity contribution is 7.44. The van der Waals surface area contributed by atoms with E-state index in [4.69, 9.17) is 13.8 Å². The molecule has 1 aromatic rings. The second-order valence-corrected chi connectivity index (χ2v) is 8.80. The molecule has 3 rings (SSSR count). The Labute approximate surface area is 152 Å². The van der Waals surface area contributed by atoms with Gasteiger partial charge >= 0.3 is 5.69 Å². The van der Waals surface area contributed by atoms with Crippen molar-refractivity contribution < 1.29 is 18.9 Å². The van der Waals surface area contributed by atoms with Gasteiger partial charge in [0.2, 0.25) is 0 Å². The van der Waals surface area contributed by atoms with Gasteiger partial charge in [-0.25, -0.2) is 9.46 Å². The lowest BCUT2D eigenvalue weighted by Crippen LogP contribution is -2.50. The van der Waals surface area contributed by atoms with Crippen LogP contribution in [-0.4, -0.2) is 55.8 Å². The number of nitrogens with one attached hydrogen (secondary N) is 1. The Kier molecular flexibility index (Phi) is 5.40. The highest BCUT2D eigenvalue weighted by Crippen LogP contribution is 2.55. The van der Waals surface area contributed by atoms with E-state index in [1.165, 1.54) is 16.8 Å². The minimum Gasteiger partial charge on any atom is -0.383 e.